The summed E-state index contributed by atoms with van der Waals surface area (Å²) in [4.78, 5) is 14.1. The van der Waals surface area contributed by atoms with Crippen molar-refractivity contribution in [3.8, 4) is 0 Å². The molecule has 1 aliphatic heterocycles. The Morgan fingerprint density at radius 1 is 1.30 bits per heavy atom. The van der Waals surface area contributed by atoms with E-state index >= 15 is 0 Å². The van der Waals surface area contributed by atoms with E-state index in [9.17, 15) is 13.2 Å². The van der Waals surface area contributed by atoms with Gasteiger partial charge in [-0.15, -0.1) is 0 Å². The van der Waals surface area contributed by atoms with Gasteiger partial charge in [-0.25, -0.2) is 17.9 Å². The van der Waals surface area contributed by atoms with Crippen LogP contribution >= 0.6 is 0 Å². The van der Waals surface area contributed by atoms with Crippen LogP contribution in [-0.2, 0) is 22.3 Å². The number of hydrogen-bond acceptors (Lipinski definition) is 3. The van der Waals surface area contributed by atoms with Gasteiger partial charge in [0.05, 0.1) is 5.75 Å². The summed E-state index contributed by atoms with van der Waals surface area (Å²) in [6, 6.07) is 7.19. The summed E-state index contributed by atoms with van der Waals surface area (Å²) in [6.45, 7) is 4.05. The van der Waals surface area contributed by atoms with Crippen LogP contribution in [0.5, 0.6) is 0 Å². The number of amides is 2. The molecule has 7 heteroatoms. The van der Waals surface area contributed by atoms with Gasteiger partial charge in [-0.3, -0.25) is 0 Å². The van der Waals surface area contributed by atoms with Gasteiger partial charge in [0.1, 0.15) is 0 Å². The van der Waals surface area contributed by atoms with Gasteiger partial charge in [-0.05, 0) is 36.9 Å². The molecule has 6 nitrogen and oxygen atoms in total. The minimum atomic E-state index is -3.33. The molecule has 2 N–H and O–H groups in total. The largest absolute Gasteiger partial charge is 0.334 e. The molecule has 0 bridgehead atoms. The number of nitrogens with zero attached hydrogens (tertiary/aromatic N) is 1. The predicted octanol–water partition coefficient (Wildman–Crippen LogP) is 1.68. The minimum absolute atomic E-state index is 0.0807. The third-order valence-corrected chi connectivity index (χ3v) is 5.46. The molecule has 23 heavy (non-hydrogen) atoms. The highest BCUT2D eigenvalue weighted by molar-refractivity contribution is 7.88. The molecule has 1 fully saturated rings. The molecule has 0 spiro atoms. The molecule has 1 aromatic carbocycles. The highest BCUT2D eigenvalue weighted by atomic mass is 32.2. The summed E-state index contributed by atoms with van der Waals surface area (Å²) in [5, 5.41) is 2.91. The minimum Gasteiger partial charge on any atom is -0.334 e. The van der Waals surface area contributed by atoms with E-state index in [2.05, 4.69) is 17.0 Å². The lowest BCUT2D eigenvalue weighted by molar-refractivity contribution is 0.169. The average Bonchev–Trinajstić information content (AvgIpc) is 2.53. The van der Waals surface area contributed by atoms with Crippen molar-refractivity contribution in [2.45, 2.75) is 32.1 Å². The molecule has 1 aliphatic rings. The summed E-state index contributed by atoms with van der Waals surface area (Å²) in [7, 11) is -1.93. The fourth-order valence-corrected chi connectivity index (χ4v) is 3.64. The number of sulfonamides is 1. The topological polar surface area (TPSA) is 78.5 Å². The maximum absolute atomic E-state index is 12.3. The zero-order valence-corrected chi connectivity index (χ0v) is 14.5. The number of hydrogen-bond donors (Lipinski definition) is 2. The van der Waals surface area contributed by atoms with Gasteiger partial charge in [0.25, 0.3) is 0 Å². The van der Waals surface area contributed by atoms with Gasteiger partial charge in [0, 0.05) is 19.6 Å². The molecule has 0 saturated carbocycles. The van der Waals surface area contributed by atoms with Crippen LogP contribution in [0.1, 0.15) is 30.9 Å². The molecular formula is C16H25N3O3S. The van der Waals surface area contributed by atoms with E-state index in [4.69, 9.17) is 0 Å². The number of urea groups is 1. The number of nitrogens with one attached hydrogen (secondary N) is 2. The van der Waals surface area contributed by atoms with Crippen LogP contribution in [0.3, 0.4) is 0 Å². The molecule has 0 unspecified atom stereocenters. The first-order valence-corrected chi connectivity index (χ1v) is 9.57. The first-order chi connectivity index (χ1) is 10.9. The number of piperidine rings is 1. The molecule has 2 amide bonds. The second-order valence-corrected chi connectivity index (χ2v) is 8.01. The Morgan fingerprint density at radius 2 is 2.00 bits per heavy atom. The predicted molar refractivity (Wildman–Crippen MR) is 90.3 cm³/mol. The SMILES string of the molecule is CNS(=O)(=O)Cc1ccccc1CNC(=O)N1CCC[C@H](C)C1. The van der Waals surface area contributed by atoms with Gasteiger partial charge in [0.15, 0.2) is 0 Å². The number of rotatable bonds is 5. The van der Waals surface area contributed by atoms with Gasteiger partial charge >= 0.3 is 6.03 Å². The maximum Gasteiger partial charge on any atom is 0.317 e. The number of likely N-dealkylation sites (tertiary alicyclic amines) is 1. The summed E-state index contributed by atoms with van der Waals surface area (Å²) >= 11 is 0. The van der Waals surface area contributed by atoms with Crippen molar-refractivity contribution in [2.75, 3.05) is 20.1 Å². The molecule has 2 rings (SSSR count). The average molecular weight is 339 g/mol. The number of carbonyl (C=O) groups is 1. The second-order valence-electron chi connectivity index (χ2n) is 6.08. The molecule has 0 aromatic heterocycles. The maximum atomic E-state index is 12.3. The van der Waals surface area contributed by atoms with Crippen LogP contribution in [0.15, 0.2) is 24.3 Å². The lowest BCUT2D eigenvalue weighted by atomic mass is 10.0. The molecule has 1 heterocycles. The first kappa shape index (κ1) is 17.7. The molecule has 1 aromatic rings. The Balaban J connectivity index is 1.99. The van der Waals surface area contributed by atoms with E-state index in [1.807, 2.05) is 17.0 Å². The van der Waals surface area contributed by atoms with Crippen molar-refractivity contribution in [1.82, 2.24) is 14.9 Å². The molecule has 128 valence electrons. The van der Waals surface area contributed by atoms with E-state index in [-0.39, 0.29) is 11.8 Å². The van der Waals surface area contributed by atoms with E-state index in [1.165, 1.54) is 7.05 Å². The van der Waals surface area contributed by atoms with Crippen molar-refractivity contribution in [3.63, 3.8) is 0 Å². The summed E-state index contributed by atoms with van der Waals surface area (Å²) < 4.78 is 25.8. The third kappa shape index (κ3) is 5.21. The lowest BCUT2D eigenvalue weighted by Gasteiger charge is -2.31. The van der Waals surface area contributed by atoms with Crippen molar-refractivity contribution in [1.29, 1.82) is 0 Å². The van der Waals surface area contributed by atoms with Crippen molar-refractivity contribution >= 4 is 16.1 Å². The summed E-state index contributed by atoms with van der Waals surface area (Å²) in [5.74, 6) is 0.443. The van der Waals surface area contributed by atoms with Crippen LogP contribution in [0.25, 0.3) is 0 Å². The molecule has 1 saturated heterocycles. The summed E-state index contributed by atoms with van der Waals surface area (Å²) in [5.41, 5.74) is 1.53. The van der Waals surface area contributed by atoms with Crippen molar-refractivity contribution in [3.05, 3.63) is 35.4 Å². The van der Waals surface area contributed by atoms with E-state index in [1.54, 1.807) is 12.1 Å². The molecule has 0 radical (unpaired) electrons. The van der Waals surface area contributed by atoms with Crippen LogP contribution in [-0.4, -0.2) is 39.5 Å². The van der Waals surface area contributed by atoms with Gasteiger partial charge in [0.2, 0.25) is 10.0 Å². The van der Waals surface area contributed by atoms with E-state index < -0.39 is 10.0 Å². The first-order valence-electron chi connectivity index (χ1n) is 7.92. The van der Waals surface area contributed by atoms with Gasteiger partial charge < -0.3 is 10.2 Å². The van der Waals surface area contributed by atoms with Crippen LogP contribution in [0.2, 0.25) is 0 Å². The smallest absolute Gasteiger partial charge is 0.317 e. The Labute approximate surface area is 138 Å². The van der Waals surface area contributed by atoms with Crippen LogP contribution in [0.4, 0.5) is 4.79 Å². The lowest BCUT2D eigenvalue weighted by Crippen LogP contribution is -2.44. The Kier molecular flexibility index (Phi) is 6.01. The summed E-state index contributed by atoms with van der Waals surface area (Å²) in [6.07, 6.45) is 2.19. The van der Waals surface area contributed by atoms with E-state index in [0.717, 1.165) is 31.5 Å². The monoisotopic (exact) mass is 339 g/mol. The number of carbonyl (C=O) groups excluding carboxylic acids is 1. The van der Waals surface area contributed by atoms with Gasteiger partial charge in [-0.2, -0.15) is 0 Å². The zero-order chi connectivity index (χ0) is 16.9. The van der Waals surface area contributed by atoms with Crippen LogP contribution < -0.4 is 10.0 Å². The Hall–Kier alpha value is -1.60. The highest BCUT2D eigenvalue weighted by Crippen LogP contribution is 2.16. The van der Waals surface area contributed by atoms with Crippen LogP contribution in [0, 0.1) is 5.92 Å². The Morgan fingerprint density at radius 3 is 2.65 bits per heavy atom. The molecular weight excluding hydrogens is 314 g/mol. The van der Waals surface area contributed by atoms with Gasteiger partial charge in [-0.1, -0.05) is 31.2 Å². The molecule has 1 atom stereocenters. The zero-order valence-electron chi connectivity index (χ0n) is 13.7. The molecule has 0 aliphatic carbocycles. The van der Waals surface area contributed by atoms with Crippen molar-refractivity contribution < 1.29 is 13.2 Å². The fraction of sp³-hybridized carbons (Fsp3) is 0.562. The normalized spacial score (nSPS) is 18.7. The Bertz CT molecular complexity index is 646. The fourth-order valence-electron chi connectivity index (χ4n) is 2.80. The number of benzene rings is 1. The van der Waals surface area contributed by atoms with E-state index in [0.29, 0.717) is 18.0 Å². The third-order valence-electron chi connectivity index (χ3n) is 4.15. The van der Waals surface area contributed by atoms with Crippen molar-refractivity contribution in [2.24, 2.45) is 5.92 Å². The standard InChI is InChI=1S/C16H25N3O3S/c1-13-6-5-9-19(11-13)16(20)18-10-14-7-3-4-8-15(14)12-23(21,22)17-2/h3-4,7-8,13,17H,5-6,9-12H2,1-2H3,(H,18,20)/t13-/m0/s1. The second kappa shape index (κ2) is 7.79. The highest BCUT2D eigenvalue weighted by Gasteiger charge is 2.21. The quantitative estimate of drug-likeness (QED) is 0.857.